The average Bonchev–Trinajstić information content (AvgIpc) is 3.74. The molecule has 0 amide bonds. The third-order valence-corrected chi connectivity index (χ3v) is 10.5. The van der Waals surface area contributed by atoms with E-state index >= 15 is 0 Å². The molecule has 2 aromatic carbocycles. The van der Waals surface area contributed by atoms with Crippen molar-refractivity contribution in [2.45, 2.75) is 128 Å². The van der Waals surface area contributed by atoms with Crippen molar-refractivity contribution < 1.29 is 9.47 Å². The quantitative estimate of drug-likeness (QED) is 0.129. The Hall–Kier alpha value is -1.29. The van der Waals surface area contributed by atoms with Crippen molar-refractivity contribution in [1.29, 1.82) is 0 Å². The standard InChI is InChI=1S/C38H58O2S/c1(3-13-23-35(37-25-17-27-39-37)31-33-19-9-7-10-20-33)5-15-29-41-30-16-6-2-4-14-24-36(38-26-18-28-40-38)32-34-21-11-8-12-22-34/h7-12,19-22,35-38H,1-6,13-18,23-32H2. The van der Waals surface area contributed by atoms with Gasteiger partial charge >= 0.3 is 0 Å². The van der Waals surface area contributed by atoms with Crippen LogP contribution in [0.15, 0.2) is 60.7 Å². The van der Waals surface area contributed by atoms with E-state index < -0.39 is 0 Å². The molecule has 228 valence electrons. The van der Waals surface area contributed by atoms with Crippen LogP contribution in [0.3, 0.4) is 0 Å². The van der Waals surface area contributed by atoms with Crippen molar-refractivity contribution in [3.05, 3.63) is 71.8 Å². The van der Waals surface area contributed by atoms with Gasteiger partial charge in [-0.25, -0.2) is 0 Å². The lowest BCUT2D eigenvalue weighted by Gasteiger charge is -2.23. The lowest BCUT2D eigenvalue weighted by molar-refractivity contribution is 0.0583. The highest BCUT2D eigenvalue weighted by atomic mass is 32.2. The fourth-order valence-electron chi connectivity index (χ4n) is 7.01. The summed E-state index contributed by atoms with van der Waals surface area (Å²) in [6, 6.07) is 22.1. The van der Waals surface area contributed by atoms with Gasteiger partial charge in [-0.2, -0.15) is 11.8 Å². The minimum atomic E-state index is 0.495. The fraction of sp³-hybridized carbons (Fsp3) is 0.684. The Labute approximate surface area is 256 Å². The molecule has 3 heteroatoms. The summed E-state index contributed by atoms with van der Waals surface area (Å²) >= 11 is 2.19. The fourth-order valence-corrected chi connectivity index (χ4v) is 8.03. The SMILES string of the molecule is c1ccc(CC(CCCCCCCSCCCCCCCC(Cc2ccccc2)C2CCCO2)C2CCCO2)cc1. The van der Waals surface area contributed by atoms with Gasteiger partial charge in [0.15, 0.2) is 0 Å². The summed E-state index contributed by atoms with van der Waals surface area (Å²) in [5.41, 5.74) is 2.96. The van der Waals surface area contributed by atoms with Crippen LogP contribution in [-0.4, -0.2) is 36.9 Å². The lowest BCUT2D eigenvalue weighted by Crippen LogP contribution is -2.22. The van der Waals surface area contributed by atoms with Gasteiger partial charge in [0, 0.05) is 13.2 Å². The van der Waals surface area contributed by atoms with Crippen LogP contribution < -0.4 is 0 Å². The maximum Gasteiger partial charge on any atom is 0.0607 e. The van der Waals surface area contributed by atoms with Gasteiger partial charge in [0.05, 0.1) is 12.2 Å². The predicted octanol–water partition coefficient (Wildman–Crippen LogP) is 10.5. The molecule has 4 unspecified atom stereocenters. The Morgan fingerprint density at radius 3 is 1.37 bits per heavy atom. The molecule has 2 aliphatic rings. The van der Waals surface area contributed by atoms with Gasteiger partial charge in [0.1, 0.15) is 0 Å². The second-order valence-corrected chi connectivity index (χ2v) is 14.0. The van der Waals surface area contributed by atoms with Crippen LogP contribution >= 0.6 is 11.8 Å². The first-order chi connectivity index (χ1) is 20.4. The van der Waals surface area contributed by atoms with Crippen LogP contribution in [0.4, 0.5) is 0 Å². The molecule has 2 nitrogen and oxygen atoms in total. The Kier molecular flexibility index (Phi) is 16.4. The third kappa shape index (κ3) is 13.3. The topological polar surface area (TPSA) is 18.5 Å². The normalized spacial score (nSPS) is 20.4. The monoisotopic (exact) mass is 578 g/mol. The Morgan fingerprint density at radius 2 is 0.951 bits per heavy atom. The summed E-state index contributed by atoms with van der Waals surface area (Å²) in [6.45, 7) is 1.94. The van der Waals surface area contributed by atoms with Crippen molar-refractivity contribution in [1.82, 2.24) is 0 Å². The summed E-state index contributed by atoms with van der Waals surface area (Å²) < 4.78 is 12.2. The number of thioether (sulfide) groups is 1. The number of ether oxygens (including phenoxy) is 2. The van der Waals surface area contributed by atoms with Crippen LogP contribution in [-0.2, 0) is 22.3 Å². The molecule has 2 fully saturated rings. The van der Waals surface area contributed by atoms with Gasteiger partial charge in [-0.05, 0) is 98.7 Å². The van der Waals surface area contributed by atoms with Crippen molar-refractivity contribution in [2.24, 2.45) is 11.8 Å². The number of hydrogen-bond acceptors (Lipinski definition) is 3. The largest absolute Gasteiger partial charge is 0.378 e. The summed E-state index contributed by atoms with van der Waals surface area (Å²) in [7, 11) is 0. The Bertz CT molecular complexity index is 802. The van der Waals surface area contributed by atoms with Gasteiger partial charge < -0.3 is 9.47 Å². The molecule has 0 radical (unpaired) electrons. The predicted molar refractivity (Wildman–Crippen MR) is 178 cm³/mol. The van der Waals surface area contributed by atoms with E-state index in [9.17, 15) is 0 Å². The number of benzene rings is 2. The van der Waals surface area contributed by atoms with E-state index in [2.05, 4.69) is 72.4 Å². The molecule has 2 saturated heterocycles. The first kappa shape index (κ1) is 32.6. The lowest BCUT2D eigenvalue weighted by atomic mass is 9.87. The molecular weight excluding hydrogens is 520 g/mol. The van der Waals surface area contributed by atoms with Crippen LogP contribution in [0.1, 0.15) is 114 Å². The molecule has 0 N–H and O–H groups in total. The number of unbranched alkanes of at least 4 members (excludes halogenated alkanes) is 8. The Balaban J connectivity index is 0.949. The number of rotatable bonds is 22. The molecule has 0 bridgehead atoms. The summed E-state index contributed by atoms with van der Waals surface area (Å²) in [5.74, 6) is 4.12. The van der Waals surface area contributed by atoms with Crippen LogP contribution in [0.25, 0.3) is 0 Å². The summed E-state index contributed by atoms with van der Waals surface area (Å²) in [5, 5.41) is 0. The van der Waals surface area contributed by atoms with Crippen LogP contribution in [0.5, 0.6) is 0 Å². The average molecular weight is 579 g/mol. The van der Waals surface area contributed by atoms with Crippen molar-refractivity contribution in [2.75, 3.05) is 24.7 Å². The summed E-state index contributed by atoms with van der Waals surface area (Å²) in [4.78, 5) is 0. The highest BCUT2D eigenvalue weighted by Crippen LogP contribution is 2.29. The van der Waals surface area contributed by atoms with Gasteiger partial charge in [0.2, 0.25) is 0 Å². The highest BCUT2D eigenvalue weighted by Gasteiger charge is 2.26. The first-order valence-electron chi connectivity index (χ1n) is 17.3. The van der Waals surface area contributed by atoms with E-state index in [1.807, 2.05) is 0 Å². The van der Waals surface area contributed by atoms with Gasteiger partial charge in [-0.15, -0.1) is 0 Å². The van der Waals surface area contributed by atoms with E-state index in [-0.39, 0.29) is 0 Å². The number of hydrogen-bond donors (Lipinski definition) is 0. The second kappa shape index (κ2) is 20.6. The molecule has 2 aliphatic heterocycles. The maximum absolute atomic E-state index is 6.10. The molecule has 2 aromatic rings. The van der Waals surface area contributed by atoms with Crippen molar-refractivity contribution >= 4 is 11.8 Å². The molecular formula is C38H58O2S. The van der Waals surface area contributed by atoms with E-state index in [0.717, 1.165) is 13.2 Å². The van der Waals surface area contributed by atoms with Crippen molar-refractivity contribution in [3.8, 4) is 0 Å². The van der Waals surface area contributed by atoms with E-state index in [1.54, 1.807) is 0 Å². The van der Waals surface area contributed by atoms with E-state index in [0.29, 0.717) is 24.0 Å². The molecule has 0 aromatic heterocycles. The highest BCUT2D eigenvalue weighted by molar-refractivity contribution is 7.99. The zero-order valence-corrected chi connectivity index (χ0v) is 26.7. The van der Waals surface area contributed by atoms with Gasteiger partial charge in [-0.1, -0.05) is 112 Å². The zero-order chi connectivity index (χ0) is 28.2. The van der Waals surface area contributed by atoms with Gasteiger partial charge in [0.25, 0.3) is 0 Å². The van der Waals surface area contributed by atoms with Crippen molar-refractivity contribution in [3.63, 3.8) is 0 Å². The smallest absolute Gasteiger partial charge is 0.0607 e. The molecule has 41 heavy (non-hydrogen) atoms. The van der Waals surface area contributed by atoms with E-state index in [4.69, 9.17) is 9.47 Å². The zero-order valence-electron chi connectivity index (χ0n) is 25.9. The van der Waals surface area contributed by atoms with E-state index in [1.165, 1.54) is 138 Å². The minimum absolute atomic E-state index is 0.495. The molecule has 4 atom stereocenters. The van der Waals surface area contributed by atoms with Gasteiger partial charge in [-0.3, -0.25) is 0 Å². The van der Waals surface area contributed by atoms with Crippen LogP contribution in [0, 0.1) is 11.8 Å². The molecule has 2 heterocycles. The molecule has 0 saturated carbocycles. The van der Waals surface area contributed by atoms with Crippen LogP contribution in [0.2, 0.25) is 0 Å². The summed E-state index contributed by atoms with van der Waals surface area (Å²) in [6.07, 6.45) is 25.0. The minimum Gasteiger partial charge on any atom is -0.378 e. The molecule has 0 spiro atoms. The molecule has 4 rings (SSSR count). The third-order valence-electron chi connectivity index (χ3n) is 9.39. The molecule has 0 aliphatic carbocycles. The first-order valence-corrected chi connectivity index (χ1v) is 18.4. The Morgan fingerprint density at radius 1 is 0.537 bits per heavy atom. The second-order valence-electron chi connectivity index (χ2n) is 12.7. The maximum atomic E-state index is 6.10.